The van der Waals surface area contributed by atoms with Gasteiger partial charge in [0.25, 0.3) is 0 Å². The third-order valence-electron chi connectivity index (χ3n) is 4.32. The number of fused-ring (bicyclic) bond motifs is 3. The fraction of sp³-hybridized carbons (Fsp3) is 0.375. The second-order valence-electron chi connectivity index (χ2n) is 5.47. The number of hydrogen-bond acceptors (Lipinski definition) is 5. The molecule has 0 fully saturated rings. The van der Waals surface area contributed by atoms with Crippen LogP contribution in [-0.4, -0.2) is 40.9 Å². The Morgan fingerprint density at radius 1 is 1.50 bits per heavy atom. The lowest BCUT2D eigenvalue weighted by atomic mass is 10.0. The molecule has 0 radical (unpaired) electrons. The average Bonchev–Trinajstić information content (AvgIpc) is 2.94. The number of aromatic nitrogens is 1. The number of nitrogens with zero attached hydrogens (tertiary/aromatic N) is 2. The average molecular weight is 387 g/mol. The highest BCUT2D eigenvalue weighted by Crippen LogP contribution is 2.46. The van der Waals surface area contributed by atoms with Gasteiger partial charge in [-0.25, -0.2) is 4.98 Å². The van der Waals surface area contributed by atoms with Gasteiger partial charge < -0.3 is 14.7 Å². The largest absolute Gasteiger partial charge is 0.495 e. The van der Waals surface area contributed by atoms with Crippen LogP contribution >= 0.6 is 35.0 Å². The molecule has 0 spiro atoms. The van der Waals surface area contributed by atoms with Crippen LogP contribution in [0.25, 0.3) is 10.9 Å². The Kier molecular flexibility index (Phi) is 4.84. The second-order valence-corrected chi connectivity index (χ2v) is 7.02. The maximum Gasteiger partial charge on any atom is 0.249 e. The van der Waals surface area contributed by atoms with Crippen LogP contribution in [0.5, 0.6) is 5.75 Å². The van der Waals surface area contributed by atoms with Crippen molar-refractivity contribution in [3.05, 3.63) is 27.2 Å². The Morgan fingerprint density at radius 3 is 2.79 bits per heavy atom. The van der Waals surface area contributed by atoms with E-state index in [1.54, 1.807) is 4.90 Å². The van der Waals surface area contributed by atoms with Crippen LogP contribution < -0.4 is 4.74 Å². The Hall–Kier alpha value is -1.21. The van der Waals surface area contributed by atoms with Crippen LogP contribution in [0.4, 0.5) is 0 Å². The van der Waals surface area contributed by atoms with E-state index in [1.807, 2.05) is 19.2 Å². The molecule has 1 aromatic carbocycles. The fourth-order valence-electron chi connectivity index (χ4n) is 3.16. The molecule has 0 aliphatic carbocycles. The first kappa shape index (κ1) is 17.6. The summed E-state index contributed by atoms with van der Waals surface area (Å²) < 4.78 is 5.31. The van der Waals surface area contributed by atoms with E-state index in [4.69, 9.17) is 27.9 Å². The Labute approximate surface area is 153 Å². The zero-order valence-corrected chi connectivity index (χ0v) is 15.7. The zero-order chi connectivity index (χ0) is 17.6. The summed E-state index contributed by atoms with van der Waals surface area (Å²) in [6.07, 6.45) is 1.93. The van der Waals surface area contributed by atoms with Gasteiger partial charge in [0.2, 0.25) is 5.91 Å². The number of ether oxygens (including phenoxy) is 1. The summed E-state index contributed by atoms with van der Waals surface area (Å²) in [6.45, 7) is 1.82. The number of carbonyl (C=O) groups excluding carboxylic acids is 1. The van der Waals surface area contributed by atoms with Crippen LogP contribution in [0.2, 0.25) is 10.0 Å². The number of halogens is 2. The summed E-state index contributed by atoms with van der Waals surface area (Å²) in [6, 6.07) is 1.61. The molecule has 5 nitrogen and oxygen atoms in total. The SMILES string of the molecule is COc1cc2c3c(c(SC)nc2c(Cl)c1Cl)CN(C(=O)CO)[C@H]3C. The minimum Gasteiger partial charge on any atom is -0.495 e. The van der Waals surface area contributed by atoms with E-state index in [0.717, 1.165) is 21.5 Å². The monoisotopic (exact) mass is 386 g/mol. The lowest BCUT2D eigenvalue weighted by Gasteiger charge is -2.21. The number of benzene rings is 1. The number of methoxy groups -OCH3 is 1. The molecule has 2 heterocycles. The highest BCUT2D eigenvalue weighted by molar-refractivity contribution is 7.98. The van der Waals surface area contributed by atoms with E-state index < -0.39 is 6.61 Å². The van der Waals surface area contributed by atoms with Crippen molar-refractivity contribution in [1.82, 2.24) is 9.88 Å². The molecule has 24 heavy (non-hydrogen) atoms. The van der Waals surface area contributed by atoms with Crippen molar-refractivity contribution in [1.29, 1.82) is 0 Å². The number of hydrogen-bond donors (Lipinski definition) is 1. The molecule has 0 bridgehead atoms. The standard InChI is InChI=1S/C16H16Cl2N2O3S/c1-7-12-8-4-10(23-2)13(17)14(18)15(8)19-16(24-3)9(12)5-20(7)11(22)6-21/h4,7,21H,5-6H2,1-3H3/t7-/m0/s1. The minimum absolute atomic E-state index is 0.196. The van der Waals surface area contributed by atoms with Gasteiger partial charge in [-0.05, 0) is 24.8 Å². The minimum atomic E-state index is -0.520. The Balaban J connectivity index is 2.34. The molecule has 1 aliphatic heterocycles. The summed E-state index contributed by atoms with van der Waals surface area (Å²) in [4.78, 5) is 18.3. The van der Waals surface area contributed by atoms with E-state index in [0.29, 0.717) is 27.9 Å². The van der Waals surface area contributed by atoms with Crippen LogP contribution in [0.1, 0.15) is 24.1 Å². The zero-order valence-electron chi connectivity index (χ0n) is 13.4. The molecule has 1 atom stereocenters. The second kappa shape index (κ2) is 6.59. The van der Waals surface area contributed by atoms with Crippen LogP contribution in [0, 0.1) is 0 Å². The number of amides is 1. The van der Waals surface area contributed by atoms with Crippen molar-refractivity contribution < 1.29 is 14.6 Å². The summed E-state index contributed by atoms with van der Waals surface area (Å²) in [5.74, 6) is 0.153. The predicted octanol–water partition coefficient (Wildman–Crippen LogP) is 3.67. The maximum absolute atomic E-state index is 12.0. The third kappa shape index (κ3) is 2.52. The molecule has 0 saturated heterocycles. The molecule has 1 aliphatic rings. The lowest BCUT2D eigenvalue weighted by molar-refractivity contribution is -0.136. The first-order valence-corrected chi connectivity index (χ1v) is 9.25. The Morgan fingerprint density at radius 2 is 2.21 bits per heavy atom. The van der Waals surface area contributed by atoms with Crippen molar-refractivity contribution in [2.75, 3.05) is 20.0 Å². The summed E-state index contributed by atoms with van der Waals surface area (Å²) >= 11 is 14.2. The predicted molar refractivity (Wildman–Crippen MR) is 96.1 cm³/mol. The molecule has 1 amide bonds. The smallest absolute Gasteiger partial charge is 0.249 e. The molecule has 1 aromatic heterocycles. The normalized spacial score (nSPS) is 16.6. The van der Waals surface area contributed by atoms with Gasteiger partial charge in [0.1, 0.15) is 22.4 Å². The van der Waals surface area contributed by atoms with E-state index in [2.05, 4.69) is 4.98 Å². The maximum atomic E-state index is 12.0. The van der Waals surface area contributed by atoms with Crippen molar-refractivity contribution >= 4 is 51.8 Å². The first-order chi connectivity index (χ1) is 11.4. The molecular formula is C16H16Cl2N2O3S. The van der Waals surface area contributed by atoms with Gasteiger partial charge in [-0.3, -0.25) is 4.79 Å². The number of pyridine rings is 1. The van der Waals surface area contributed by atoms with Gasteiger partial charge in [-0.15, -0.1) is 11.8 Å². The highest BCUT2D eigenvalue weighted by atomic mass is 35.5. The summed E-state index contributed by atoms with van der Waals surface area (Å²) in [5, 5.41) is 11.5. The molecule has 2 aromatic rings. The van der Waals surface area contributed by atoms with Gasteiger partial charge in [0.15, 0.2) is 0 Å². The molecule has 8 heteroatoms. The van der Waals surface area contributed by atoms with Crippen molar-refractivity contribution in [2.45, 2.75) is 24.5 Å². The number of aliphatic hydroxyl groups excluding tert-OH is 1. The number of carbonyl (C=O) groups is 1. The van der Waals surface area contributed by atoms with Crippen molar-refractivity contribution in [3.8, 4) is 5.75 Å². The van der Waals surface area contributed by atoms with E-state index in [-0.39, 0.29) is 11.9 Å². The first-order valence-electron chi connectivity index (χ1n) is 7.27. The molecule has 3 rings (SSSR count). The van der Waals surface area contributed by atoms with Gasteiger partial charge in [-0.1, -0.05) is 23.2 Å². The van der Waals surface area contributed by atoms with Crippen molar-refractivity contribution in [2.24, 2.45) is 0 Å². The van der Waals surface area contributed by atoms with Gasteiger partial charge in [-0.2, -0.15) is 0 Å². The lowest BCUT2D eigenvalue weighted by Crippen LogP contribution is -2.30. The summed E-state index contributed by atoms with van der Waals surface area (Å²) in [7, 11) is 1.53. The van der Waals surface area contributed by atoms with Gasteiger partial charge >= 0.3 is 0 Å². The third-order valence-corrected chi connectivity index (χ3v) is 5.88. The molecule has 0 unspecified atom stereocenters. The molecule has 0 saturated carbocycles. The fourth-order valence-corrected chi connectivity index (χ4v) is 4.22. The van der Waals surface area contributed by atoms with E-state index >= 15 is 0 Å². The van der Waals surface area contributed by atoms with Gasteiger partial charge in [0.05, 0.1) is 23.7 Å². The molecule has 1 N–H and O–H groups in total. The number of aliphatic hydroxyl groups is 1. The van der Waals surface area contributed by atoms with Gasteiger partial charge in [0, 0.05) is 17.5 Å². The van der Waals surface area contributed by atoms with E-state index in [1.165, 1.54) is 18.9 Å². The quantitative estimate of drug-likeness (QED) is 0.815. The molecule has 128 valence electrons. The Bertz CT molecular complexity index is 844. The summed E-state index contributed by atoms with van der Waals surface area (Å²) in [5.41, 5.74) is 2.54. The van der Waals surface area contributed by atoms with Crippen molar-refractivity contribution in [3.63, 3.8) is 0 Å². The van der Waals surface area contributed by atoms with E-state index in [9.17, 15) is 9.90 Å². The topological polar surface area (TPSA) is 62.7 Å². The van der Waals surface area contributed by atoms with Crippen LogP contribution in [-0.2, 0) is 11.3 Å². The highest BCUT2D eigenvalue weighted by Gasteiger charge is 2.35. The number of rotatable bonds is 3. The molecular weight excluding hydrogens is 371 g/mol. The van der Waals surface area contributed by atoms with Crippen LogP contribution in [0.3, 0.4) is 0 Å². The number of thioether (sulfide) groups is 1. The van der Waals surface area contributed by atoms with Crippen LogP contribution in [0.15, 0.2) is 11.1 Å².